The molecule has 0 saturated heterocycles. The molecule has 8 aromatic rings. The Labute approximate surface area is 362 Å². The van der Waals surface area contributed by atoms with Gasteiger partial charge in [-0.05, 0) is 80.3 Å². The summed E-state index contributed by atoms with van der Waals surface area (Å²) in [6.07, 6.45) is -5.34. The van der Waals surface area contributed by atoms with Crippen LogP contribution in [-0.2, 0) is 27.8 Å². The molecule has 0 saturated carbocycles. The van der Waals surface area contributed by atoms with Gasteiger partial charge in [-0.2, -0.15) is 13.2 Å². The summed E-state index contributed by atoms with van der Waals surface area (Å²) in [5.41, 5.74) is -0.166. The maximum atomic E-state index is 16.0. The van der Waals surface area contributed by atoms with Gasteiger partial charge in [-0.1, -0.05) is 132 Å². The standard InChI is InChI=1S/C53H50F8N2/c1-49(2,3)27-13-17-31-32-18-14-28(50(4,5)6)22-38(32)62(37(31)21-27)41-25-35(43-44(54)46(56)48(58)47(57)45(43)55)36(53(59,60)61)26-42(41)63-39-23-29(51(7,8)9)15-19-33(39)34-20-16-30(24-40(34)63)52(10,11)12/h13-26H,1-12H3. The van der Waals surface area contributed by atoms with Gasteiger partial charge in [-0.25, -0.2) is 22.0 Å². The van der Waals surface area contributed by atoms with Crippen LogP contribution in [-0.4, -0.2) is 9.13 Å². The lowest BCUT2D eigenvalue weighted by Crippen LogP contribution is -2.15. The van der Waals surface area contributed by atoms with Crippen molar-refractivity contribution in [3.8, 4) is 22.5 Å². The van der Waals surface area contributed by atoms with Crippen LogP contribution < -0.4 is 0 Å². The van der Waals surface area contributed by atoms with Crippen LogP contribution in [0.15, 0.2) is 84.9 Å². The van der Waals surface area contributed by atoms with Gasteiger partial charge in [0.2, 0.25) is 5.82 Å². The molecular weight excluding hydrogens is 817 g/mol. The van der Waals surface area contributed by atoms with E-state index in [9.17, 15) is 4.39 Å². The molecule has 0 atom stereocenters. The molecule has 0 bridgehead atoms. The monoisotopic (exact) mass is 866 g/mol. The first-order valence-corrected chi connectivity index (χ1v) is 21.0. The second-order valence-electron chi connectivity index (χ2n) is 20.9. The van der Waals surface area contributed by atoms with Gasteiger partial charge in [0.1, 0.15) is 0 Å². The number of fused-ring (bicyclic) bond motifs is 6. The van der Waals surface area contributed by atoms with Crippen LogP contribution in [0.2, 0.25) is 0 Å². The largest absolute Gasteiger partial charge is 0.417 e. The van der Waals surface area contributed by atoms with E-state index in [-0.39, 0.29) is 22.2 Å². The number of aromatic nitrogens is 2. The van der Waals surface area contributed by atoms with E-state index in [1.54, 1.807) is 9.13 Å². The summed E-state index contributed by atoms with van der Waals surface area (Å²) in [5.74, 6) is -11.9. The summed E-state index contributed by atoms with van der Waals surface area (Å²) in [6, 6.07) is 25.3. The Hall–Kier alpha value is -5.64. The Morgan fingerprint density at radius 2 is 0.619 bits per heavy atom. The van der Waals surface area contributed by atoms with E-state index in [2.05, 4.69) is 0 Å². The molecule has 2 heterocycles. The normalized spacial score (nSPS) is 13.4. The second-order valence-corrected chi connectivity index (χ2v) is 20.9. The summed E-state index contributed by atoms with van der Waals surface area (Å²) >= 11 is 0. The summed E-state index contributed by atoms with van der Waals surface area (Å²) in [5, 5.41) is 2.98. The Morgan fingerprint density at radius 1 is 0.349 bits per heavy atom. The Bertz CT molecular complexity index is 3020. The highest BCUT2D eigenvalue weighted by Crippen LogP contribution is 2.48. The maximum absolute atomic E-state index is 16.0. The molecule has 0 spiro atoms. The lowest BCUT2D eigenvalue weighted by atomic mass is 9.86. The summed E-state index contributed by atoms with van der Waals surface area (Å²) in [6.45, 7) is 24.4. The van der Waals surface area contributed by atoms with Gasteiger partial charge in [0, 0.05) is 27.1 Å². The molecule has 2 aromatic heterocycles. The lowest BCUT2D eigenvalue weighted by Gasteiger charge is -2.25. The van der Waals surface area contributed by atoms with Crippen LogP contribution in [0, 0.1) is 29.1 Å². The first kappa shape index (κ1) is 44.0. The van der Waals surface area contributed by atoms with Crippen LogP contribution in [0.25, 0.3) is 66.1 Å². The minimum atomic E-state index is -5.34. The molecule has 8 rings (SSSR count). The van der Waals surface area contributed by atoms with Gasteiger partial charge in [-0.15, -0.1) is 0 Å². The molecule has 6 aromatic carbocycles. The molecule has 0 aliphatic heterocycles. The lowest BCUT2D eigenvalue weighted by molar-refractivity contribution is -0.137. The van der Waals surface area contributed by atoms with Crippen molar-refractivity contribution in [2.24, 2.45) is 0 Å². The van der Waals surface area contributed by atoms with Crippen molar-refractivity contribution in [1.29, 1.82) is 0 Å². The van der Waals surface area contributed by atoms with Crippen LogP contribution in [0.3, 0.4) is 0 Å². The third kappa shape index (κ3) is 7.17. The highest BCUT2D eigenvalue weighted by Gasteiger charge is 2.39. The molecule has 63 heavy (non-hydrogen) atoms. The second kappa shape index (κ2) is 14.2. The molecule has 0 radical (unpaired) electrons. The predicted molar refractivity (Wildman–Crippen MR) is 240 cm³/mol. The fourth-order valence-electron chi connectivity index (χ4n) is 8.64. The maximum Gasteiger partial charge on any atom is 0.417 e. The molecule has 0 fully saturated rings. The number of benzene rings is 6. The molecule has 2 nitrogen and oxygen atoms in total. The number of hydrogen-bond donors (Lipinski definition) is 0. The fourth-order valence-corrected chi connectivity index (χ4v) is 8.64. The van der Waals surface area contributed by atoms with E-state index in [4.69, 9.17) is 0 Å². The van der Waals surface area contributed by atoms with Gasteiger partial charge in [0.05, 0.1) is 44.6 Å². The highest BCUT2D eigenvalue weighted by molar-refractivity contribution is 6.12. The molecule has 0 amide bonds. The molecule has 0 aliphatic rings. The van der Waals surface area contributed by atoms with Crippen LogP contribution in [0.5, 0.6) is 0 Å². The number of halogens is 8. The zero-order valence-electron chi connectivity index (χ0n) is 37.5. The van der Waals surface area contributed by atoms with E-state index in [0.717, 1.165) is 55.9 Å². The van der Waals surface area contributed by atoms with Crippen molar-refractivity contribution in [3.63, 3.8) is 0 Å². The number of nitrogens with zero attached hydrogens (tertiary/aromatic N) is 2. The molecule has 0 unspecified atom stereocenters. The molecule has 10 heteroatoms. The SMILES string of the molecule is CC(C)(C)c1ccc2c3ccc(C(C)(C)C)cc3n(-c3cc(-c4c(F)c(F)c(F)c(F)c4F)c(C(F)(F)F)cc3-n3c4cc(C(C)(C)C)ccc4c4ccc(C(C)(C)C)cc43)c2c1. The zero-order valence-corrected chi connectivity index (χ0v) is 37.5. The van der Waals surface area contributed by atoms with Gasteiger partial charge in [0.15, 0.2) is 23.3 Å². The minimum Gasteiger partial charge on any atom is -0.307 e. The van der Waals surface area contributed by atoms with Crippen molar-refractivity contribution < 1.29 is 35.1 Å². The predicted octanol–water partition coefficient (Wildman–Crippen LogP) is 16.5. The summed E-state index contributed by atoms with van der Waals surface area (Å²) in [4.78, 5) is 0. The van der Waals surface area contributed by atoms with E-state index >= 15 is 30.7 Å². The number of rotatable bonds is 3. The van der Waals surface area contributed by atoms with E-state index in [1.165, 1.54) is 0 Å². The third-order valence-electron chi connectivity index (χ3n) is 12.4. The van der Waals surface area contributed by atoms with Crippen molar-refractivity contribution in [1.82, 2.24) is 9.13 Å². The fraction of sp³-hybridized carbons (Fsp3) is 0.321. The molecule has 328 valence electrons. The van der Waals surface area contributed by atoms with Crippen molar-refractivity contribution in [2.45, 2.75) is 111 Å². The van der Waals surface area contributed by atoms with E-state index < -0.39 is 62.8 Å². The third-order valence-corrected chi connectivity index (χ3v) is 12.4. The Morgan fingerprint density at radius 3 is 0.889 bits per heavy atom. The number of alkyl halides is 3. The van der Waals surface area contributed by atoms with E-state index in [1.807, 2.05) is 156 Å². The molecule has 0 aliphatic carbocycles. The van der Waals surface area contributed by atoms with Gasteiger partial charge in [0.25, 0.3) is 0 Å². The van der Waals surface area contributed by atoms with Crippen LogP contribution in [0.4, 0.5) is 35.1 Å². The topological polar surface area (TPSA) is 9.86 Å². The average molecular weight is 867 g/mol. The number of hydrogen-bond acceptors (Lipinski definition) is 0. The zero-order chi connectivity index (χ0) is 46.3. The smallest absolute Gasteiger partial charge is 0.307 e. The molecule has 0 N–H and O–H groups in total. The summed E-state index contributed by atoms with van der Waals surface area (Å²) in [7, 11) is 0. The van der Waals surface area contributed by atoms with Gasteiger partial charge >= 0.3 is 6.18 Å². The Balaban J connectivity index is 1.70. The van der Waals surface area contributed by atoms with Crippen LogP contribution in [0.1, 0.15) is 111 Å². The van der Waals surface area contributed by atoms with Gasteiger partial charge < -0.3 is 9.13 Å². The quantitative estimate of drug-likeness (QED) is 0.0951. The first-order chi connectivity index (χ1) is 29.0. The highest BCUT2D eigenvalue weighted by atomic mass is 19.4. The molecular formula is C53H50F8N2. The van der Waals surface area contributed by atoms with Crippen molar-refractivity contribution >= 4 is 43.6 Å². The minimum absolute atomic E-state index is 0.0202. The van der Waals surface area contributed by atoms with Crippen LogP contribution >= 0.6 is 0 Å². The summed E-state index contributed by atoms with van der Waals surface area (Å²) < 4.78 is 128. The average Bonchev–Trinajstić information content (AvgIpc) is 3.68. The first-order valence-electron chi connectivity index (χ1n) is 21.0. The van der Waals surface area contributed by atoms with Crippen molar-refractivity contribution in [3.05, 3.63) is 142 Å². The van der Waals surface area contributed by atoms with Gasteiger partial charge in [-0.3, -0.25) is 0 Å². The van der Waals surface area contributed by atoms with Crippen molar-refractivity contribution in [2.75, 3.05) is 0 Å². The Kier molecular flexibility index (Phi) is 9.90. The van der Waals surface area contributed by atoms with E-state index in [0.29, 0.717) is 22.1 Å².